The van der Waals surface area contributed by atoms with Gasteiger partial charge in [-0.1, -0.05) is 43.1 Å². The molecule has 0 saturated heterocycles. The van der Waals surface area contributed by atoms with Gasteiger partial charge < -0.3 is 14.8 Å². The molecule has 0 aromatic carbocycles. The summed E-state index contributed by atoms with van der Waals surface area (Å²) in [5.41, 5.74) is 0. The summed E-state index contributed by atoms with van der Waals surface area (Å²) in [4.78, 5) is 44.9. The molecule has 1 unspecified atom stereocenters. The van der Waals surface area contributed by atoms with Crippen LogP contribution in [0.1, 0.15) is 59.8 Å². The number of aldehydes is 2. The molecule has 0 fully saturated rings. The maximum absolute atomic E-state index is 10.4. The topological polar surface area (TPSA) is 122 Å². The van der Waals surface area contributed by atoms with Crippen LogP contribution in [0.4, 0.5) is 0 Å². The van der Waals surface area contributed by atoms with Crippen LogP contribution < -0.4 is 0 Å². The van der Waals surface area contributed by atoms with E-state index in [1.807, 2.05) is 13.0 Å². The van der Waals surface area contributed by atoms with Crippen molar-refractivity contribution in [2.75, 3.05) is 0 Å². The third-order valence-electron chi connectivity index (χ3n) is 2.32. The second-order valence-corrected chi connectivity index (χ2v) is 16.8. The van der Waals surface area contributed by atoms with Gasteiger partial charge in [0.2, 0.25) is 0 Å². The first-order chi connectivity index (χ1) is 13.8. The molecule has 1 atom stereocenters. The van der Waals surface area contributed by atoms with Gasteiger partial charge in [-0.2, -0.15) is 0 Å². The molecule has 0 aliphatic carbocycles. The summed E-state index contributed by atoms with van der Waals surface area (Å²) in [6.07, 6.45) is 10.9. The second kappa shape index (κ2) is 34.9. The van der Waals surface area contributed by atoms with Crippen LogP contribution >= 0.6 is 40.0 Å². The van der Waals surface area contributed by atoms with E-state index in [4.69, 9.17) is 10.0 Å². The first-order valence-corrected chi connectivity index (χ1v) is 17.7. The van der Waals surface area contributed by atoms with Crippen LogP contribution in [0.25, 0.3) is 0 Å². The van der Waals surface area contributed by atoms with Gasteiger partial charge in [0, 0.05) is 20.3 Å². The van der Waals surface area contributed by atoms with Crippen LogP contribution in [-0.4, -0.2) is 47.9 Å². The van der Waals surface area contributed by atoms with Gasteiger partial charge in [0.1, 0.15) is 31.1 Å². The van der Waals surface area contributed by atoms with Crippen molar-refractivity contribution in [2.24, 2.45) is 10.3 Å². The summed E-state index contributed by atoms with van der Waals surface area (Å²) < 4.78 is 0. The van der Waals surface area contributed by atoms with Gasteiger partial charge in [0.05, 0.1) is 0 Å². The molecule has 0 amide bonds. The van der Waals surface area contributed by atoms with E-state index < -0.39 is 0 Å². The maximum atomic E-state index is 10.4. The first kappa shape index (κ1) is 35.8. The van der Waals surface area contributed by atoms with E-state index in [0.717, 1.165) is 50.7 Å². The molecule has 0 rings (SSSR count). The second-order valence-electron chi connectivity index (χ2n) is 5.04. The molecule has 167 valence electrons. The van der Waals surface area contributed by atoms with Crippen molar-refractivity contribution < 1.29 is 38.7 Å². The van der Waals surface area contributed by atoms with E-state index in [1.54, 1.807) is 0 Å². The average molecular weight is 675 g/mol. The van der Waals surface area contributed by atoms with Gasteiger partial charge in [0.25, 0.3) is 0 Å². The van der Waals surface area contributed by atoms with Crippen LogP contribution in [0, 0.1) is 0 Å². The Morgan fingerprint density at radius 2 is 1.66 bits per heavy atom. The first-order valence-electron chi connectivity index (χ1n) is 8.64. The Balaban J connectivity index is -0.000000165. The molecule has 11 heteroatoms. The van der Waals surface area contributed by atoms with Gasteiger partial charge in [-0.05, 0) is 18.9 Å². The Morgan fingerprint density at radius 1 is 1.10 bits per heavy atom. The number of halogens is 2. The summed E-state index contributed by atoms with van der Waals surface area (Å²) in [6, 6.07) is 0. The normalized spacial score (nSPS) is 10.6. The predicted molar refractivity (Wildman–Crippen MR) is 129 cm³/mol. The number of carbonyl (C=O) groups excluding carboxylic acids is 4. The minimum absolute atomic E-state index is 0.165. The quantitative estimate of drug-likeness (QED) is 0.0848. The van der Waals surface area contributed by atoms with Gasteiger partial charge in [-0.3, -0.25) is 14.4 Å². The number of hydrogen-bond donors (Lipinski definition) is 1. The molecule has 1 N–H and O–H groups in total. The van der Waals surface area contributed by atoms with Crippen LogP contribution in [0.2, 0.25) is 0 Å². The Hall–Kier alpha value is -0.596. The van der Waals surface area contributed by atoms with Crippen molar-refractivity contribution in [2.45, 2.75) is 65.9 Å². The van der Waals surface area contributed by atoms with E-state index in [2.05, 4.69) is 57.2 Å². The number of ketones is 2. The van der Waals surface area contributed by atoms with E-state index in [1.165, 1.54) is 19.9 Å². The van der Waals surface area contributed by atoms with Crippen molar-refractivity contribution >= 4 is 76.5 Å². The van der Waals surface area contributed by atoms with Crippen molar-refractivity contribution in [1.82, 2.24) is 0 Å². The minimum atomic E-state index is -0.252. The molecule has 0 radical (unpaired) electrons. The van der Waals surface area contributed by atoms with E-state index in [9.17, 15) is 19.2 Å². The summed E-state index contributed by atoms with van der Waals surface area (Å²) in [5, 5.41) is 13.5. The van der Waals surface area contributed by atoms with E-state index in [-0.39, 0.29) is 17.7 Å². The summed E-state index contributed by atoms with van der Waals surface area (Å²) >= 11 is 4.74. The molecule has 0 bridgehead atoms. The summed E-state index contributed by atoms with van der Waals surface area (Å²) in [6.45, 7) is 6.77. The monoisotopic (exact) mass is 675 g/mol. The molecule has 0 saturated carbocycles. The van der Waals surface area contributed by atoms with Crippen LogP contribution in [0.3, 0.4) is 0 Å². The standard InChI is InChI=1S/C9H15NO3.C6H10O.C3H5NO2.2HI.V/c1-3-4-9(5-6-11)13-10-7-8(2)12;1-2-3-4-5-6-7;1-3(5)2-4-6;;;/h6-7,9H,3-5H2,1-2H3;4-6H,2-3H2,1H3;2,6H,1H3;2*1H;/q;;;;;+2/p-2/b10-7+;5-4+;4-2+;;;. The summed E-state index contributed by atoms with van der Waals surface area (Å²) in [7, 11) is 0.628. The zero-order chi connectivity index (χ0) is 23.3. The van der Waals surface area contributed by atoms with Crippen LogP contribution in [0.5, 0.6) is 0 Å². The van der Waals surface area contributed by atoms with Crippen LogP contribution in [-0.2, 0) is 33.5 Å². The number of carbonyl (C=O) groups is 4. The fraction of sp³-hybridized carbons (Fsp3) is 0.556. The molecular formula is C18H30I2N2O6V. The summed E-state index contributed by atoms with van der Waals surface area (Å²) in [5.74, 6) is -0.418. The molecule has 0 heterocycles. The molecule has 0 aliphatic rings. The van der Waals surface area contributed by atoms with Crippen LogP contribution in [0.15, 0.2) is 22.5 Å². The van der Waals surface area contributed by atoms with Crippen molar-refractivity contribution in [3.63, 3.8) is 0 Å². The average Bonchev–Trinajstić information content (AvgIpc) is 2.64. The molecule has 8 nitrogen and oxygen atoms in total. The Labute approximate surface area is 202 Å². The fourth-order valence-corrected chi connectivity index (χ4v) is 1.23. The van der Waals surface area contributed by atoms with E-state index in [0.29, 0.717) is 15.9 Å². The molecule has 0 aromatic heterocycles. The molecular weight excluding hydrogens is 645 g/mol. The third kappa shape index (κ3) is 52.2. The Morgan fingerprint density at radius 3 is 1.97 bits per heavy atom. The number of oxime groups is 2. The third-order valence-corrected chi connectivity index (χ3v) is 2.32. The van der Waals surface area contributed by atoms with Gasteiger partial charge in [-0.15, -0.1) is 0 Å². The number of unbranched alkanes of at least 4 members (excludes halogenated alkanes) is 1. The molecule has 0 aliphatic heterocycles. The number of Topliss-reactive ketones (excluding diaryl/α,β-unsaturated/α-hetero) is 2. The van der Waals surface area contributed by atoms with E-state index >= 15 is 0 Å². The number of allylic oxidation sites excluding steroid dienone is 2. The molecule has 0 aromatic rings. The van der Waals surface area contributed by atoms with Crippen molar-refractivity contribution in [1.29, 1.82) is 0 Å². The van der Waals surface area contributed by atoms with Crippen molar-refractivity contribution in [3.05, 3.63) is 12.2 Å². The number of nitrogens with zero attached hydrogens (tertiary/aromatic N) is 2. The number of rotatable bonds is 11. The number of hydrogen-bond acceptors (Lipinski definition) is 8. The van der Waals surface area contributed by atoms with Crippen molar-refractivity contribution in [3.8, 4) is 0 Å². The molecule has 0 spiro atoms. The Bertz CT molecular complexity index is 489. The zero-order valence-corrected chi connectivity index (χ0v) is 22.9. The van der Waals surface area contributed by atoms with Gasteiger partial charge >= 0.3 is 49.4 Å². The van der Waals surface area contributed by atoms with Gasteiger partial charge in [-0.25, -0.2) is 0 Å². The predicted octanol–water partition coefficient (Wildman–Crippen LogP) is 4.68. The van der Waals surface area contributed by atoms with Gasteiger partial charge in [0.15, 0.2) is 11.6 Å². The zero-order valence-electron chi connectivity index (χ0n) is 17.2. The fourth-order valence-electron chi connectivity index (χ4n) is 1.23. The molecule has 29 heavy (non-hydrogen) atoms. The SMILES string of the molecule is CC(=O)/C=N/O.CCC/C=C/C=O.CCCC(CC=O)O/N=C/C(C)=O.[I][V][I]. The Kier molecular flexibility index (Phi) is 43.1.